The minimum absolute atomic E-state index is 0.248. The number of hydrogen-bond donors (Lipinski definition) is 1. The summed E-state index contributed by atoms with van der Waals surface area (Å²) in [7, 11) is -1.61. The number of fused-ring (bicyclic) bond motifs is 1. The van der Waals surface area contributed by atoms with E-state index in [1.54, 1.807) is 6.07 Å². The van der Waals surface area contributed by atoms with E-state index in [9.17, 15) is 8.42 Å². The van der Waals surface area contributed by atoms with Gasteiger partial charge in [0.05, 0.1) is 23.8 Å². The maximum Gasteiger partial charge on any atom is 0.265 e. The molecule has 1 aromatic carbocycles. The van der Waals surface area contributed by atoms with Gasteiger partial charge in [-0.25, -0.2) is 8.42 Å². The van der Waals surface area contributed by atoms with Crippen LogP contribution in [0, 0.1) is 0 Å². The van der Waals surface area contributed by atoms with Gasteiger partial charge >= 0.3 is 0 Å². The summed E-state index contributed by atoms with van der Waals surface area (Å²) in [6.07, 6.45) is 1.49. The number of hydrogen-bond acceptors (Lipinski definition) is 3. The second-order valence-corrected chi connectivity index (χ2v) is 7.11. The minimum atomic E-state index is -3.57. The van der Waals surface area contributed by atoms with E-state index in [4.69, 9.17) is 11.6 Å². The number of aromatic nitrogens is 1. The first kappa shape index (κ1) is 14.3. The van der Waals surface area contributed by atoms with Gasteiger partial charge in [0.25, 0.3) is 10.0 Å². The normalized spacial score (nSPS) is 15.1. The number of sulfonamides is 1. The molecule has 1 aromatic heterocycles. The summed E-state index contributed by atoms with van der Waals surface area (Å²) < 4.78 is 27.1. The summed E-state index contributed by atoms with van der Waals surface area (Å²) in [5.41, 5.74) is 2.32. The second-order valence-electron chi connectivity index (χ2n) is 4.98. The van der Waals surface area contributed by atoms with Crippen LogP contribution >= 0.6 is 11.6 Å². The van der Waals surface area contributed by atoms with Gasteiger partial charge in [0.2, 0.25) is 0 Å². The molecule has 2 heterocycles. The van der Waals surface area contributed by atoms with E-state index in [0.29, 0.717) is 24.5 Å². The summed E-state index contributed by atoms with van der Waals surface area (Å²) in [4.78, 5) is 5.19. The number of benzene rings is 1. The summed E-state index contributed by atoms with van der Waals surface area (Å²) >= 11 is 5.73. The number of alkyl halides is 1. The second kappa shape index (κ2) is 5.27. The number of aromatic amines is 1. The molecule has 1 N–H and O–H groups in total. The Kier molecular flexibility index (Phi) is 3.59. The predicted octanol–water partition coefficient (Wildman–Crippen LogP) is 2.40. The highest BCUT2D eigenvalue weighted by atomic mass is 35.5. The molecule has 5 nitrogen and oxygen atoms in total. The van der Waals surface area contributed by atoms with E-state index in [1.165, 1.54) is 10.5 Å². The highest BCUT2D eigenvalue weighted by Gasteiger charge is 2.31. The molecule has 7 heteroatoms. The SMILES string of the molecule is CN1CCN(S(=O)(=O)c2c[nH]c(CCl)c2)c2ccccc21. The fraction of sp³-hybridized carbons (Fsp3) is 0.286. The molecule has 0 spiro atoms. The van der Waals surface area contributed by atoms with Crippen molar-refractivity contribution in [2.24, 2.45) is 0 Å². The molecule has 0 atom stereocenters. The molecular formula is C14H16ClN3O2S. The number of halogens is 1. The van der Waals surface area contributed by atoms with Gasteiger partial charge in [0.1, 0.15) is 4.90 Å². The first-order valence-corrected chi connectivity index (χ1v) is 8.57. The molecule has 0 aliphatic carbocycles. The van der Waals surface area contributed by atoms with Gasteiger partial charge in [-0.05, 0) is 18.2 Å². The molecule has 2 aromatic rings. The number of para-hydroxylation sites is 2. The van der Waals surface area contributed by atoms with Crippen LogP contribution in [0.3, 0.4) is 0 Å². The quantitative estimate of drug-likeness (QED) is 0.882. The Bertz CT molecular complexity index is 757. The fourth-order valence-corrected chi connectivity index (χ4v) is 4.14. The monoisotopic (exact) mass is 325 g/mol. The number of nitrogens with one attached hydrogen (secondary N) is 1. The lowest BCUT2D eigenvalue weighted by molar-refractivity contribution is 0.589. The molecule has 21 heavy (non-hydrogen) atoms. The summed E-state index contributed by atoms with van der Waals surface area (Å²) in [5, 5.41) is 0. The fourth-order valence-electron chi connectivity index (χ4n) is 2.50. The van der Waals surface area contributed by atoms with Gasteiger partial charge in [-0.15, -0.1) is 11.6 Å². The lowest BCUT2D eigenvalue weighted by Crippen LogP contribution is -2.42. The molecule has 0 fully saturated rings. The van der Waals surface area contributed by atoms with E-state index < -0.39 is 10.0 Å². The van der Waals surface area contributed by atoms with Crippen LogP contribution in [-0.4, -0.2) is 33.5 Å². The molecule has 0 bridgehead atoms. The average Bonchev–Trinajstić information content (AvgIpc) is 2.97. The van der Waals surface area contributed by atoms with Crippen LogP contribution in [0.15, 0.2) is 41.4 Å². The first-order valence-electron chi connectivity index (χ1n) is 6.60. The lowest BCUT2D eigenvalue weighted by Gasteiger charge is -2.35. The molecule has 0 saturated heterocycles. The molecule has 0 radical (unpaired) electrons. The zero-order chi connectivity index (χ0) is 15.0. The first-order chi connectivity index (χ1) is 10.0. The third kappa shape index (κ3) is 2.38. The Morgan fingerprint density at radius 1 is 1.24 bits per heavy atom. The van der Waals surface area contributed by atoms with Crippen LogP contribution in [0.4, 0.5) is 11.4 Å². The van der Waals surface area contributed by atoms with Crippen molar-refractivity contribution in [3.63, 3.8) is 0 Å². The highest BCUT2D eigenvalue weighted by molar-refractivity contribution is 7.92. The number of nitrogens with zero attached hydrogens (tertiary/aromatic N) is 2. The number of anilines is 2. The van der Waals surface area contributed by atoms with E-state index >= 15 is 0 Å². The predicted molar refractivity (Wildman–Crippen MR) is 84.6 cm³/mol. The topological polar surface area (TPSA) is 56.4 Å². The van der Waals surface area contributed by atoms with E-state index in [2.05, 4.69) is 9.88 Å². The van der Waals surface area contributed by atoms with Crippen molar-refractivity contribution in [3.8, 4) is 0 Å². The third-order valence-corrected chi connectivity index (χ3v) is 5.73. The lowest BCUT2D eigenvalue weighted by atomic mass is 10.2. The van der Waals surface area contributed by atoms with Crippen LogP contribution in [0.25, 0.3) is 0 Å². The number of likely N-dealkylation sites (N-methyl/N-ethyl adjacent to an activating group) is 1. The molecular weight excluding hydrogens is 310 g/mol. The molecule has 0 amide bonds. The zero-order valence-corrected chi connectivity index (χ0v) is 13.2. The van der Waals surface area contributed by atoms with E-state index in [-0.39, 0.29) is 10.8 Å². The Hall–Kier alpha value is -1.66. The minimum Gasteiger partial charge on any atom is -0.371 e. The molecule has 3 rings (SSSR count). The largest absolute Gasteiger partial charge is 0.371 e. The Morgan fingerprint density at radius 3 is 2.62 bits per heavy atom. The Labute approximate surface area is 129 Å². The van der Waals surface area contributed by atoms with Crippen molar-refractivity contribution in [1.29, 1.82) is 0 Å². The zero-order valence-electron chi connectivity index (χ0n) is 11.6. The molecule has 112 valence electrons. The molecule has 1 aliphatic heterocycles. The Balaban J connectivity index is 2.06. The van der Waals surface area contributed by atoms with E-state index in [1.807, 2.05) is 31.3 Å². The average molecular weight is 326 g/mol. The molecule has 1 aliphatic rings. The van der Waals surface area contributed by atoms with Gasteiger partial charge in [-0.2, -0.15) is 0 Å². The van der Waals surface area contributed by atoms with Crippen molar-refractivity contribution >= 4 is 33.0 Å². The van der Waals surface area contributed by atoms with Crippen LogP contribution in [0.5, 0.6) is 0 Å². The third-order valence-electron chi connectivity index (χ3n) is 3.65. The molecule has 0 unspecified atom stereocenters. The van der Waals surface area contributed by atoms with Crippen molar-refractivity contribution in [1.82, 2.24) is 4.98 Å². The van der Waals surface area contributed by atoms with Crippen LogP contribution in [-0.2, 0) is 15.9 Å². The summed E-state index contributed by atoms with van der Waals surface area (Å²) in [6.45, 7) is 1.08. The maximum atomic E-state index is 12.8. The summed E-state index contributed by atoms with van der Waals surface area (Å²) in [6, 6.07) is 9.11. The van der Waals surface area contributed by atoms with Gasteiger partial charge in [-0.1, -0.05) is 12.1 Å². The standard InChI is InChI=1S/C14H16ClN3O2S/c1-17-6-7-18(14-5-3-2-4-13(14)17)21(19,20)12-8-11(9-15)16-10-12/h2-5,8,10,16H,6-7,9H2,1H3. The van der Waals surface area contributed by atoms with Crippen molar-refractivity contribution in [2.75, 3.05) is 29.3 Å². The van der Waals surface area contributed by atoms with Crippen LogP contribution in [0.2, 0.25) is 0 Å². The van der Waals surface area contributed by atoms with Gasteiger partial charge in [-0.3, -0.25) is 4.31 Å². The van der Waals surface area contributed by atoms with E-state index in [0.717, 1.165) is 5.69 Å². The van der Waals surface area contributed by atoms with Crippen molar-refractivity contribution in [3.05, 3.63) is 42.2 Å². The van der Waals surface area contributed by atoms with Crippen LogP contribution in [0.1, 0.15) is 5.69 Å². The number of H-pyrrole nitrogens is 1. The van der Waals surface area contributed by atoms with Gasteiger partial charge in [0.15, 0.2) is 0 Å². The summed E-state index contributed by atoms with van der Waals surface area (Å²) in [5.74, 6) is 0.259. The van der Waals surface area contributed by atoms with Crippen molar-refractivity contribution < 1.29 is 8.42 Å². The number of rotatable bonds is 3. The van der Waals surface area contributed by atoms with Gasteiger partial charge < -0.3 is 9.88 Å². The highest BCUT2D eigenvalue weighted by Crippen LogP contribution is 2.35. The Morgan fingerprint density at radius 2 is 1.95 bits per heavy atom. The van der Waals surface area contributed by atoms with Gasteiger partial charge in [0, 0.05) is 25.5 Å². The molecule has 0 saturated carbocycles. The van der Waals surface area contributed by atoms with Crippen molar-refractivity contribution in [2.45, 2.75) is 10.8 Å². The smallest absolute Gasteiger partial charge is 0.265 e. The van der Waals surface area contributed by atoms with Crippen LogP contribution < -0.4 is 9.21 Å². The maximum absolute atomic E-state index is 12.8.